The molecule has 1 aromatic carbocycles. The third-order valence-corrected chi connectivity index (χ3v) is 3.34. The SMILES string of the molecule is O=C1CCC(n2c(=O)oc3c([N+](=O)[O-])cccc32)C(=O)N1. The minimum absolute atomic E-state index is 0.0877. The molecule has 0 bridgehead atoms. The second kappa shape index (κ2) is 4.54. The van der Waals surface area contributed by atoms with Gasteiger partial charge in [-0.25, -0.2) is 4.79 Å². The number of nitrogens with one attached hydrogen (secondary N) is 1. The number of nitrogens with zero attached hydrogens (tertiary/aromatic N) is 2. The molecule has 1 aliphatic rings. The fourth-order valence-electron chi connectivity index (χ4n) is 2.41. The molecule has 0 spiro atoms. The Bertz CT molecular complexity index is 833. The van der Waals surface area contributed by atoms with Gasteiger partial charge in [0, 0.05) is 12.5 Å². The van der Waals surface area contributed by atoms with E-state index in [1.54, 1.807) is 0 Å². The molecular weight excluding hydrogens is 282 g/mol. The van der Waals surface area contributed by atoms with E-state index in [-0.39, 0.29) is 29.6 Å². The molecule has 2 aromatic rings. The van der Waals surface area contributed by atoms with Gasteiger partial charge in [0.25, 0.3) is 0 Å². The Balaban J connectivity index is 2.20. The molecule has 3 rings (SSSR count). The highest BCUT2D eigenvalue weighted by atomic mass is 16.6. The van der Waals surface area contributed by atoms with Crippen molar-refractivity contribution in [2.24, 2.45) is 0 Å². The predicted molar refractivity (Wildman–Crippen MR) is 68.5 cm³/mol. The van der Waals surface area contributed by atoms with Gasteiger partial charge in [0.2, 0.25) is 17.4 Å². The van der Waals surface area contributed by atoms with Crippen molar-refractivity contribution in [3.05, 3.63) is 38.9 Å². The Morgan fingerprint density at radius 2 is 2.10 bits per heavy atom. The summed E-state index contributed by atoms with van der Waals surface area (Å²) in [5.41, 5.74) is -0.378. The summed E-state index contributed by atoms with van der Waals surface area (Å²) in [4.78, 5) is 45.2. The molecule has 0 saturated carbocycles. The summed E-state index contributed by atoms with van der Waals surface area (Å²) in [6.45, 7) is 0. The Labute approximate surface area is 116 Å². The molecular formula is C12H9N3O6. The number of non-ortho nitro benzene ring substituents is 1. The standard InChI is InChI=1S/C12H9N3O6/c16-9-5-4-8(11(17)13-9)14-6-2-1-3-7(15(19)20)10(6)21-12(14)18/h1-3,8H,4-5H2,(H,13,16,17). The Morgan fingerprint density at radius 3 is 2.76 bits per heavy atom. The number of nitro groups is 1. The molecule has 21 heavy (non-hydrogen) atoms. The monoisotopic (exact) mass is 291 g/mol. The predicted octanol–water partition coefficient (Wildman–Crippen LogP) is 0.480. The van der Waals surface area contributed by atoms with Crippen LogP contribution in [0.5, 0.6) is 0 Å². The number of carbonyl (C=O) groups excluding carboxylic acids is 2. The molecule has 9 heteroatoms. The second-order valence-corrected chi connectivity index (χ2v) is 4.59. The topological polar surface area (TPSA) is 124 Å². The number of hydrogen-bond acceptors (Lipinski definition) is 6. The quantitative estimate of drug-likeness (QED) is 0.487. The lowest BCUT2D eigenvalue weighted by atomic mass is 10.1. The number of amides is 2. The Hall–Kier alpha value is -2.97. The van der Waals surface area contributed by atoms with Crippen LogP contribution in [0.3, 0.4) is 0 Å². The second-order valence-electron chi connectivity index (χ2n) is 4.59. The highest BCUT2D eigenvalue weighted by Crippen LogP contribution is 2.28. The fourth-order valence-corrected chi connectivity index (χ4v) is 2.41. The van der Waals surface area contributed by atoms with Crippen molar-refractivity contribution in [3.8, 4) is 0 Å². The number of fused-ring (bicyclic) bond motifs is 1. The number of oxazole rings is 1. The van der Waals surface area contributed by atoms with E-state index in [4.69, 9.17) is 4.42 Å². The van der Waals surface area contributed by atoms with Crippen molar-refractivity contribution in [2.75, 3.05) is 0 Å². The summed E-state index contributed by atoms with van der Waals surface area (Å²) in [5, 5.41) is 13.1. The summed E-state index contributed by atoms with van der Waals surface area (Å²) in [7, 11) is 0. The summed E-state index contributed by atoms with van der Waals surface area (Å²) in [6.07, 6.45) is 0.229. The minimum atomic E-state index is -0.918. The van der Waals surface area contributed by atoms with Gasteiger partial charge in [0.1, 0.15) is 6.04 Å². The largest absolute Gasteiger partial charge is 0.420 e. The maximum Gasteiger partial charge on any atom is 0.420 e. The molecule has 1 fully saturated rings. The number of benzene rings is 1. The highest BCUT2D eigenvalue weighted by molar-refractivity contribution is 6.00. The first-order valence-electron chi connectivity index (χ1n) is 6.11. The first-order chi connectivity index (χ1) is 9.99. The lowest BCUT2D eigenvalue weighted by Crippen LogP contribution is -2.43. The van der Waals surface area contributed by atoms with Crippen LogP contribution in [0.1, 0.15) is 18.9 Å². The van der Waals surface area contributed by atoms with Gasteiger partial charge in [-0.2, -0.15) is 0 Å². The number of rotatable bonds is 2. The van der Waals surface area contributed by atoms with E-state index in [0.29, 0.717) is 0 Å². The van der Waals surface area contributed by atoms with Crippen LogP contribution in [0.2, 0.25) is 0 Å². The van der Waals surface area contributed by atoms with Crippen LogP contribution >= 0.6 is 0 Å². The van der Waals surface area contributed by atoms with Crippen LogP contribution in [0.15, 0.2) is 27.4 Å². The van der Waals surface area contributed by atoms with Crippen LogP contribution in [0.25, 0.3) is 11.1 Å². The minimum Gasteiger partial charge on any atom is -0.400 e. The molecule has 0 radical (unpaired) electrons. The number of piperidine rings is 1. The third kappa shape index (κ3) is 1.98. The number of nitro benzene ring substituents is 1. The zero-order chi connectivity index (χ0) is 15.1. The van der Waals surface area contributed by atoms with E-state index < -0.39 is 28.5 Å². The maximum absolute atomic E-state index is 11.9. The van der Waals surface area contributed by atoms with E-state index in [2.05, 4.69) is 5.32 Å². The number of hydrogen-bond donors (Lipinski definition) is 1. The zero-order valence-electron chi connectivity index (χ0n) is 10.6. The molecule has 9 nitrogen and oxygen atoms in total. The van der Waals surface area contributed by atoms with Gasteiger partial charge in [0.05, 0.1) is 10.4 Å². The van der Waals surface area contributed by atoms with Crippen molar-refractivity contribution in [1.29, 1.82) is 0 Å². The molecule has 1 unspecified atom stereocenters. The molecule has 2 heterocycles. The average Bonchev–Trinajstić information content (AvgIpc) is 2.74. The lowest BCUT2D eigenvalue weighted by Gasteiger charge is -2.21. The summed E-state index contributed by atoms with van der Waals surface area (Å²) in [5.74, 6) is -1.90. The highest BCUT2D eigenvalue weighted by Gasteiger charge is 2.32. The van der Waals surface area contributed by atoms with E-state index in [1.807, 2.05) is 0 Å². The van der Waals surface area contributed by atoms with Crippen LogP contribution < -0.4 is 11.1 Å². The summed E-state index contributed by atoms with van der Waals surface area (Å²) < 4.78 is 5.97. The van der Waals surface area contributed by atoms with Gasteiger partial charge in [-0.15, -0.1) is 0 Å². The molecule has 1 aliphatic heterocycles. The van der Waals surface area contributed by atoms with E-state index in [0.717, 1.165) is 4.57 Å². The van der Waals surface area contributed by atoms with Crippen LogP contribution in [-0.2, 0) is 9.59 Å². The maximum atomic E-state index is 11.9. The molecule has 1 saturated heterocycles. The first-order valence-corrected chi connectivity index (χ1v) is 6.11. The molecule has 108 valence electrons. The molecule has 1 atom stereocenters. The van der Waals surface area contributed by atoms with E-state index >= 15 is 0 Å². The molecule has 2 amide bonds. The summed E-state index contributed by atoms with van der Waals surface area (Å²) in [6, 6.07) is 3.15. The summed E-state index contributed by atoms with van der Waals surface area (Å²) >= 11 is 0. The lowest BCUT2D eigenvalue weighted by molar-refractivity contribution is -0.383. The van der Waals surface area contributed by atoms with Crippen molar-refractivity contribution in [3.63, 3.8) is 0 Å². The number of para-hydroxylation sites is 1. The molecule has 1 N–H and O–H groups in total. The van der Waals surface area contributed by atoms with Gasteiger partial charge in [0.15, 0.2) is 0 Å². The smallest absolute Gasteiger partial charge is 0.400 e. The van der Waals surface area contributed by atoms with Crippen LogP contribution in [-0.4, -0.2) is 21.3 Å². The molecule has 0 aliphatic carbocycles. The van der Waals surface area contributed by atoms with Gasteiger partial charge < -0.3 is 4.42 Å². The van der Waals surface area contributed by atoms with Gasteiger partial charge in [-0.05, 0) is 12.5 Å². The third-order valence-electron chi connectivity index (χ3n) is 3.34. The van der Waals surface area contributed by atoms with Crippen molar-refractivity contribution < 1.29 is 18.9 Å². The number of aromatic nitrogens is 1. The van der Waals surface area contributed by atoms with Gasteiger partial charge in [-0.3, -0.25) is 29.6 Å². The van der Waals surface area contributed by atoms with Crippen molar-refractivity contribution >= 4 is 28.6 Å². The Kier molecular flexibility index (Phi) is 2.82. The number of carbonyl (C=O) groups is 2. The Morgan fingerprint density at radius 1 is 1.33 bits per heavy atom. The van der Waals surface area contributed by atoms with Crippen LogP contribution in [0, 0.1) is 10.1 Å². The van der Waals surface area contributed by atoms with E-state index in [1.165, 1.54) is 18.2 Å². The zero-order valence-corrected chi connectivity index (χ0v) is 10.6. The fraction of sp³-hybridized carbons (Fsp3) is 0.250. The average molecular weight is 291 g/mol. The number of imide groups is 1. The van der Waals surface area contributed by atoms with Crippen molar-refractivity contribution in [1.82, 2.24) is 9.88 Å². The normalized spacial score (nSPS) is 18.8. The van der Waals surface area contributed by atoms with Crippen molar-refractivity contribution in [2.45, 2.75) is 18.9 Å². The van der Waals surface area contributed by atoms with Gasteiger partial charge in [-0.1, -0.05) is 6.07 Å². The van der Waals surface area contributed by atoms with E-state index in [9.17, 15) is 24.5 Å². The van der Waals surface area contributed by atoms with Crippen LogP contribution in [0.4, 0.5) is 5.69 Å². The van der Waals surface area contributed by atoms with Gasteiger partial charge >= 0.3 is 11.4 Å². The molecule has 1 aromatic heterocycles. The first kappa shape index (κ1) is 13.0.